The van der Waals surface area contributed by atoms with Gasteiger partial charge in [-0.25, -0.2) is 4.98 Å². The molecule has 18 heavy (non-hydrogen) atoms. The summed E-state index contributed by atoms with van der Waals surface area (Å²) in [7, 11) is 0. The number of aromatic nitrogens is 2. The van der Waals surface area contributed by atoms with Crippen molar-refractivity contribution >= 4 is 11.5 Å². The molecule has 0 fully saturated rings. The molecule has 0 radical (unpaired) electrons. The summed E-state index contributed by atoms with van der Waals surface area (Å²) in [6.45, 7) is 3.95. The van der Waals surface area contributed by atoms with E-state index < -0.39 is 0 Å². The Balaban J connectivity index is 2.14. The van der Waals surface area contributed by atoms with Crippen LogP contribution in [0.1, 0.15) is 18.9 Å². The molecule has 0 aliphatic heterocycles. The first-order valence-electron chi connectivity index (χ1n) is 6.15. The molecule has 2 rings (SSSR count). The van der Waals surface area contributed by atoms with E-state index in [1.165, 1.54) is 5.56 Å². The van der Waals surface area contributed by atoms with Gasteiger partial charge in [-0.1, -0.05) is 19.1 Å². The Morgan fingerprint density at radius 1 is 1.17 bits per heavy atom. The third kappa shape index (κ3) is 3.20. The first kappa shape index (κ1) is 12.4. The van der Waals surface area contributed by atoms with Crippen LogP contribution in [0.5, 0.6) is 0 Å². The second-order valence-electron chi connectivity index (χ2n) is 4.23. The SMILES string of the molecule is CCCN(Cc1ccc(N)cc1)c1cnccn1. The van der Waals surface area contributed by atoms with Gasteiger partial charge in [0.05, 0.1) is 6.20 Å². The quantitative estimate of drug-likeness (QED) is 0.818. The molecule has 4 heteroatoms. The van der Waals surface area contributed by atoms with Crippen molar-refractivity contribution in [3.05, 3.63) is 48.4 Å². The molecule has 0 spiro atoms. The van der Waals surface area contributed by atoms with Crippen molar-refractivity contribution in [2.45, 2.75) is 19.9 Å². The van der Waals surface area contributed by atoms with Gasteiger partial charge in [0.25, 0.3) is 0 Å². The number of anilines is 2. The number of benzene rings is 1. The van der Waals surface area contributed by atoms with Crippen LogP contribution in [-0.4, -0.2) is 16.5 Å². The average molecular weight is 242 g/mol. The summed E-state index contributed by atoms with van der Waals surface area (Å²) in [5.74, 6) is 0.913. The monoisotopic (exact) mass is 242 g/mol. The molecule has 0 amide bonds. The Morgan fingerprint density at radius 3 is 2.56 bits per heavy atom. The zero-order valence-electron chi connectivity index (χ0n) is 10.6. The molecule has 0 saturated carbocycles. The van der Waals surface area contributed by atoms with Crippen LogP contribution in [0.2, 0.25) is 0 Å². The summed E-state index contributed by atoms with van der Waals surface area (Å²) in [4.78, 5) is 10.7. The maximum Gasteiger partial charge on any atom is 0.147 e. The summed E-state index contributed by atoms with van der Waals surface area (Å²) in [6, 6.07) is 7.95. The van der Waals surface area contributed by atoms with E-state index in [1.807, 2.05) is 24.3 Å². The highest BCUT2D eigenvalue weighted by atomic mass is 15.2. The Labute approximate surface area is 107 Å². The Bertz CT molecular complexity index is 467. The number of nitrogens with zero attached hydrogens (tertiary/aromatic N) is 3. The van der Waals surface area contributed by atoms with E-state index in [9.17, 15) is 0 Å². The van der Waals surface area contributed by atoms with Gasteiger partial charge in [-0.05, 0) is 24.1 Å². The molecular formula is C14H18N4. The second-order valence-corrected chi connectivity index (χ2v) is 4.23. The third-order valence-electron chi connectivity index (χ3n) is 2.72. The largest absolute Gasteiger partial charge is 0.399 e. The summed E-state index contributed by atoms with van der Waals surface area (Å²) in [6.07, 6.45) is 6.29. The van der Waals surface area contributed by atoms with Crippen LogP contribution >= 0.6 is 0 Å². The first-order valence-corrected chi connectivity index (χ1v) is 6.15. The van der Waals surface area contributed by atoms with Crippen LogP contribution in [0.4, 0.5) is 11.5 Å². The molecule has 1 aromatic carbocycles. The molecule has 2 aromatic rings. The van der Waals surface area contributed by atoms with E-state index >= 15 is 0 Å². The average Bonchev–Trinajstić information content (AvgIpc) is 2.42. The normalized spacial score (nSPS) is 10.3. The van der Waals surface area contributed by atoms with Crippen LogP contribution < -0.4 is 10.6 Å². The lowest BCUT2D eigenvalue weighted by atomic mass is 10.2. The third-order valence-corrected chi connectivity index (χ3v) is 2.72. The number of nitrogens with two attached hydrogens (primary N) is 1. The van der Waals surface area contributed by atoms with Gasteiger partial charge in [0.1, 0.15) is 5.82 Å². The summed E-state index contributed by atoms with van der Waals surface area (Å²) < 4.78 is 0. The fraction of sp³-hybridized carbons (Fsp3) is 0.286. The minimum atomic E-state index is 0.792. The fourth-order valence-corrected chi connectivity index (χ4v) is 1.84. The lowest BCUT2D eigenvalue weighted by Crippen LogP contribution is -2.24. The highest BCUT2D eigenvalue weighted by Gasteiger charge is 2.07. The predicted molar refractivity (Wildman–Crippen MR) is 74.2 cm³/mol. The van der Waals surface area contributed by atoms with E-state index in [-0.39, 0.29) is 0 Å². The highest BCUT2D eigenvalue weighted by molar-refractivity contribution is 5.42. The van der Waals surface area contributed by atoms with Crippen LogP contribution in [0.3, 0.4) is 0 Å². The molecule has 0 unspecified atom stereocenters. The van der Waals surface area contributed by atoms with Crippen molar-refractivity contribution in [1.82, 2.24) is 9.97 Å². The van der Waals surface area contributed by atoms with Gasteiger partial charge in [0, 0.05) is 31.2 Å². The van der Waals surface area contributed by atoms with E-state index in [2.05, 4.69) is 21.8 Å². The molecule has 0 aliphatic carbocycles. The number of nitrogen functional groups attached to an aromatic ring is 1. The van der Waals surface area contributed by atoms with Crippen molar-refractivity contribution in [1.29, 1.82) is 0 Å². The standard InChI is InChI=1S/C14H18N4/c1-2-9-18(14-10-16-7-8-17-14)11-12-3-5-13(15)6-4-12/h3-8,10H,2,9,11,15H2,1H3. The van der Waals surface area contributed by atoms with Gasteiger partial charge in [-0.2, -0.15) is 0 Å². The maximum atomic E-state index is 5.69. The molecule has 0 bridgehead atoms. The highest BCUT2D eigenvalue weighted by Crippen LogP contribution is 2.14. The van der Waals surface area contributed by atoms with E-state index in [4.69, 9.17) is 5.73 Å². The number of rotatable bonds is 5. The van der Waals surface area contributed by atoms with Crippen LogP contribution in [0.15, 0.2) is 42.9 Å². The molecule has 1 aromatic heterocycles. The summed E-state index contributed by atoms with van der Waals surface area (Å²) in [5, 5.41) is 0. The molecule has 1 heterocycles. The minimum Gasteiger partial charge on any atom is -0.399 e. The zero-order valence-corrected chi connectivity index (χ0v) is 10.6. The predicted octanol–water partition coefficient (Wildman–Crippen LogP) is 2.48. The second kappa shape index (κ2) is 6.00. The lowest BCUT2D eigenvalue weighted by molar-refractivity contribution is 0.752. The molecule has 0 saturated heterocycles. The topological polar surface area (TPSA) is 55.0 Å². The van der Waals surface area contributed by atoms with Gasteiger partial charge in [-0.15, -0.1) is 0 Å². The summed E-state index contributed by atoms with van der Waals surface area (Å²) in [5.41, 5.74) is 7.71. The van der Waals surface area contributed by atoms with Gasteiger partial charge in [-0.3, -0.25) is 4.98 Å². The Morgan fingerprint density at radius 2 is 1.94 bits per heavy atom. The molecule has 94 valence electrons. The van der Waals surface area contributed by atoms with Gasteiger partial charge in [0.2, 0.25) is 0 Å². The van der Waals surface area contributed by atoms with Crippen molar-refractivity contribution < 1.29 is 0 Å². The summed E-state index contributed by atoms with van der Waals surface area (Å²) >= 11 is 0. The zero-order chi connectivity index (χ0) is 12.8. The number of hydrogen-bond donors (Lipinski definition) is 1. The van der Waals surface area contributed by atoms with Crippen LogP contribution in [0, 0.1) is 0 Å². The van der Waals surface area contributed by atoms with E-state index in [0.717, 1.165) is 31.0 Å². The van der Waals surface area contributed by atoms with E-state index in [1.54, 1.807) is 18.6 Å². The minimum absolute atomic E-state index is 0.792. The molecular weight excluding hydrogens is 224 g/mol. The molecule has 4 nitrogen and oxygen atoms in total. The van der Waals surface area contributed by atoms with Gasteiger partial charge in [0.15, 0.2) is 0 Å². The van der Waals surface area contributed by atoms with E-state index in [0.29, 0.717) is 0 Å². The molecule has 0 aliphatic rings. The lowest BCUT2D eigenvalue weighted by Gasteiger charge is -2.22. The van der Waals surface area contributed by atoms with Gasteiger partial charge < -0.3 is 10.6 Å². The first-order chi connectivity index (χ1) is 8.79. The fourth-order valence-electron chi connectivity index (χ4n) is 1.84. The molecule has 2 N–H and O–H groups in total. The Hall–Kier alpha value is -2.10. The van der Waals surface area contributed by atoms with Crippen LogP contribution in [-0.2, 0) is 6.54 Å². The smallest absolute Gasteiger partial charge is 0.147 e. The van der Waals surface area contributed by atoms with Crippen molar-refractivity contribution in [2.24, 2.45) is 0 Å². The maximum absolute atomic E-state index is 5.69. The number of hydrogen-bond acceptors (Lipinski definition) is 4. The van der Waals surface area contributed by atoms with Crippen LogP contribution in [0.25, 0.3) is 0 Å². The van der Waals surface area contributed by atoms with Crippen molar-refractivity contribution in [2.75, 3.05) is 17.2 Å². The molecule has 0 atom stereocenters. The van der Waals surface area contributed by atoms with Gasteiger partial charge >= 0.3 is 0 Å². The Kier molecular flexibility index (Phi) is 4.12. The van der Waals surface area contributed by atoms with Crippen molar-refractivity contribution in [3.63, 3.8) is 0 Å². The van der Waals surface area contributed by atoms with Crippen molar-refractivity contribution in [3.8, 4) is 0 Å².